The lowest BCUT2D eigenvalue weighted by molar-refractivity contribution is 0.0895. The maximum atomic E-state index is 12.2. The SMILES string of the molecule is CCC(CC)(CN)NC(=O)c1ccc(C)c(Br)c1.Cl. The summed E-state index contributed by atoms with van der Waals surface area (Å²) in [5.74, 6) is -0.0650. The van der Waals surface area contributed by atoms with Gasteiger partial charge in [-0.25, -0.2) is 0 Å². The fourth-order valence-corrected chi connectivity index (χ4v) is 2.19. The number of rotatable bonds is 5. The average Bonchev–Trinajstić information content (AvgIpc) is 2.39. The molecule has 0 aliphatic carbocycles. The molecule has 3 N–H and O–H groups in total. The van der Waals surface area contributed by atoms with E-state index in [0.29, 0.717) is 12.1 Å². The van der Waals surface area contributed by atoms with Gasteiger partial charge in [-0.1, -0.05) is 35.8 Å². The molecule has 1 aromatic rings. The monoisotopic (exact) mass is 348 g/mol. The van der Waals surface area contributed by atoms with Crippen LogP contribution in [-0.4, -0.2) is 18.0 Å². The number of nitrogens with one attached hydrogen (secondary N) is 1. The van der Waals surface area contributed by atoms with Crippen molar-refractivity contribution < 1.29 is 4.79 Å². The first-order valence-corrected chi connectivity index (χ1v) is 7.06. The summed E-state index contributed by atoms with van der Waals surface area (Å²) in [5, 5.41) is 3.06. The highest BCUT2D eigenvalue weighted by Crippen LogP contribution is 2.19. The lowest BCUT2D eigenvalue weighted by Gasteiger charge is -2.31. The summed E-state index contributed by atoms with van der Waals surface area (Å²) >= 11 is 3.44. The van der Waals surface area contributed by atoms with Crippen molar-refractivity contribution >= 4 is 34.2 Å². The number of halogens is 2. The van der Waals surface area contributed by atoms with Crippen LogP contribution in [0.15, 0.2) is 22.7 Å². The van der Waals surface area contributed by atoms with Crippen LogP contribution in [-0.2, 0) is 0 Å². The van der Waals surface area contributed by atoms with E-state index in [4.69, 9.17) is 5.73 Å². The number of carbonyl (C=O) groups is 1. The zero-order valence-electron chi connectivity index (χ0n) is 11.6. The van der Waals surface area contributed by atoms with Crippen molar-refractivity contribution in [2.45, 2.75) is 39.2 Å². The van der Waals surface area contributed by atoms with Gasteiger partial charge < -0.3 is 11.1 Å². The molecule has 0 aliphatic heterocycles. The van der Waals surface area contributed by atoms with Gasteiger partial charge in [-0.2, -0.15) is 0 Å². The molecule has 1 rings (SSSR count). The number of nitrogens with two attached hydrogens (primary N) is 1. The fourth-order valence-electron chi connectivity index (χ4n) is 1.81. The molecule has 1 amide bonds. The van der Waals surface area contributed by atoms with Gasteiger partial charge in [0.15, 0.2) is 0 Å². The minimum Gasteiger partial charge on any atom is -0.345 e. The van der Waals surface area contributed by atoms with Crippen LogP contribution in [0.25, 0.3) is 0 Å². The van der Waals surface area contributed by atoms with Gasteiger partial charge in [0.1, 0.15) is 0 Å². The highest BCUT2D eigenvalue weighted by Gasteiger charge is 2.26. The average molecular weight is 350 g/mol. The van der Waals surface area contributed by atoms with Gasteiger partial charge in [-0.05, 0) is 37.5 Å². The Bertz CT molecular complexity index is 425. The third-order valence-electron chi connectivity index (χ3n) is 3.56. The van der Waals surface area contributed by atoms with Crippen molar-refractivity contribution in [3.8, 4) is 0 Å². The molecule has 0 radical (unpaired) electrons. The van der Waals surface area contributed by atoms with E-state index in [1.54, 1.807) is 0 Å². The summed E-state index contributed by atoms with van der Waals surface area (Å²) in [6.45, 7) is 6.54. The number of carbonyl (C=O) groups excluding carboxylic acids is 1. The normalized spacial score (nSPS) is 10.8. The summed E-state index contributed by atoms with van der Waals surface area (Å²) < 4.78 is 0.946. The van der Waals surface area contributed by atoms with E-state index in [-0.39, 0.29) is 23.9 Å². The van der Waals surface area contributed by atoms with Crippen LogP contribution in [0.2, 0.25) is 0 Å². The predicted octanol–water partition coefficient (Wildman–Crippen LogP) is 3.43. The Hall–Kier alpha value is -0.580. The molecule has 0 heterocycles. The van der Waals surface area contributed by atoms with E-state index in [0.717, 1.165) is 22.9 Å². The topological polar surface area (TPSA) is 55.1 Å². The molecule has 0 aliphatic rings. The summed E-state index contributed by atoms with van der Waals surface area (Å²) in [5.41, 5.74) is 7.26. The molecular formula is C14H22BrClN2O. The van der Waals surface area contributed by atoms with Crippen LogP contribution in [0.4, 0.5) is 0 Å². The fraction of sp³-hybridized carbons (Fsp3) is 0.500. The molecule has 1 aromatic carbocycles. The van der Waals surface area contributed by atoms with E-state index < -0.39 is 0 Å². The molecule has 0 spiro atoms. The number of hydrogen-bond donors (Lipinski definition) is 2. The smallest absolute Gasteiger partial charge is 0.251 e. The van der Waals surface area contributed by atoms with Crippen LogP contribution in [0.5, 0.6) is 0 Å². The standard InChI is InChI=1S/C14H21BrN2O.ClH/c1-4-14(5-2,9-16)17-13(18)11-7-6-10(3)12(15)8-11;/h6-8H,4-5,9,16H2,1-3H3,(H,17,18);1H. The Labute approximate surface area is 129 Å². The molecule has 3 nitrogen and oxygen atoms in total. The van der Waals surface area contributed by atoms with Gasteiger partial charge in [-0.3, -0.25) is 4.79 Å². The largest absolute Gasteiger partial charge is 0.345 e. The third kappa shape index (κ3) is 4.48. The van der Waals surface area contributed by atoms with Gasteiger partial charge in [0, 0.05) is 16.6 Å². The minimum atomic E-state index is -0.297. The van der Waals surface area contributed by atoms with Crippen LogP contribution in [0.3, 0.4) is 0 Å². The van der Waals surface area contributed by atoms with Crippen molar-refractivity contribution in [3.05, 3.63) is 33.8 Å². The predicted molar refractivity (Wildman–Crippen MR) is 86.0 cm³/mol. The molecule has 0 saturated carbocycles. The van der Waals surface area contributed by atoms with E-state index in [9.17, 15) is 4.79 Å². The van der Waals surface area contributed by atoms with Crippen molar-refractivity contribution in [2.75, 3.05) is 6.54 Å². The first-order valence-electron chi connectivity index (χ1n) is 6.26. The molecular weight excluding hydrogens is 328 g/mol. The van der Waals surface area contributed by atoms with Gasteiger partial charge in [0.05, 0.1) is 5.54 Å². The first-order chi connectivity index (χ1) is 8.48. The quantitative estimate of drug-likeness (QED) is 0.855. The number of hydrogen-bond acceptors (Lipinski definition) is 2. The molecule has 0 saturated heterocycles. The first kappa shape index (κ1) is 18.4. The Kier molecular flexibility index (Phi) is 7.64. The lowest BCUT2D eigenvalue weighted by atomic mass is 9.92. The maximum absolute atomic E-state index is 12.2. The highest BCUT2D eigenvalue weighted by molar-refractivity contribution is 9.10. The second-order valence-electron chi connectivity index (χ2n) is 4.61. The van der Waals surface area contributed by atoms with Crippen molar-refractivity contribution in [3.63, 3.8) is 0 Å². The second-order valence-corrected chi connectivity index (χ2v) is 5.46. The van der Waals surface area contributed by atoms with E-state index in [1.807, 2.05) is 39.0 Å². The maximum Gasteiger partial charge on any atom is 0.251 e. The Morgan fingerprint density at radius 1 is 1.37 bits per heavy atom. The summed E-state index contributed by atoms with van der Waals surface area (Å²) in [7, 11) is 0. The molecule has 0 aromatic heterocycles. The molecule has 0 bridgehead atoms. The Balaban J connectivity index is 0.00000324. The van der Waals surface area contributed by atoms with Gasteiger partial charge in [0.25, 0.3) is 5.91 Å². The minimum absolute atomic E-state index is 0. The van der Waals surface area contributed by atoms with Crippen molar-refractivity contribution in [1.29, 1.82) is 0 Å². The molecule has 0 unspecified atom stereocenters. The summed E-state index contributed by atoms with van der Waals surface area (Å²) in [6, 6.07) is 5.61. The lowest BCUT2D eigenvalue weighted by Crippen LogP contribution is -2.52. The van der Waals surface area contributed by atoms with E-state index in [2.05, 4.69) is 21.2 Å². The van der Waals surface area contributed by atoms with Gasteiger partial charge >= 0.3 is 0 Å². The van der Waals surface area contributed by atoms with Crippen LogP contribution >= 0.6 is 28.3 Å². The molecule has 0 fully saturated rings. The van der Waals surface area contributed by atoms with Crippen LogP contribution < -0.4 is 11.1 Å². The van der Waals surface area contributed by atoms with Crippen molar-refractivity contribution in [2.24, 2.45) is 5.73 Å². The van der Waals surface area contributed by atoms with E-state index >= 15 is 0 Å². The van der Waals surface area contributed by atoms with Crippen LogP contribution in [0.1, 0.15) is 42.6 Å². The zero-order chi connectivity index (χ0) is 13.8. The molecule has 0 atom stereocenters. The Morgan fingerprint density at radius 2 is 1.95 bits per heavy atom. The Morgan fingerprint density at radius 3 is 2.37 bits per heavy atom. The zero-order valence-corrected chi connectivity index (χ0v) is 14.0. The molecule has 5 heteroatoms. The molecule has 19 heavy (non-hydrogen) atoms. The summed E-state index contributed by atoms with van der Waals surface area (Å²) in [6.07, 6.45) is 1.66. The van der Waals surface area contributed by atoms with E-state index in [1.165, 1.54) is 0 Å². The van der Waals surface area contributed by atoms with Gasteiger partial charge in [0.2, 0.25) is 0 Å². The van der Waals surface area contributed by atoms with Crippen molar-refractivity contribution in [1.82, 2.24) is 5.32 Å². The highest BCUT2D eigenvalue weighted by atomic mass is 79.9. The number of amides is 1. The van der Waals surface area contributed by atoms with Crippen LogP contribution in [0, 0.1) is 6.92 Å². The number of benzene rings is 1. The third-order valence-corrected chi connectivity index (χ3v) is 4.41. The second kappa shape index (κ2) is 7.88. The summed E-state index contributed by atoms with van der Waals surface area (Å²) in [4.78, 5) is 12.2. The number of aryl methyl sites for hydroxylation is 1. The molecule has 108 valence electrons. The van der Waals surface area contributed by atoms with Gasteiger partial charge in [-0.15, -0.1) is 12.4 Å².